The van der Waals surface area contributed by atoms with Crippen molar-refractivity contribution in [2.24, 2.45) is 0 Å². The zero-order chi connectivity index (χ0) is 12.5. The Kier molecular flexibility index (Phi) is 3.16. The molecule has 96 valence electrons. The number of hydrogen-bond donors (Lipinski definition) is 1. The van der Waals surface area contributed by atoms with Gasteiger partial charge in [0, 0.05) is 11.6 Å². The third-order valence-electron chi connectivity index (χ3n) is 4.00. The van der Waals surface area contributed by atoms with Crippen LogP contribution < -0.4 is 5.32 Å². The van der Waals surface area contributed by atoms with Gasteiger partial charge in [-0.2, -0.15) is 0 Å². The normalized spacial score (nSPS) is 26.9. The summed E-state index contributed by atoms with van der Waals surface area (Å²) < 4.78 is 0. The lowest BCUT2D eigenvalue weighted by Gasteiger charge is -2.30. The van der Waals surface area contributed by atoms with E-state index in [1.807, 2.05) is 29.2 Å². The van der Waals surface area contributed by atoms with Crippen molar-refractivity contribution in [3.05, 3.63) is 34.9 Å². The Labute approximate surface area is 112 Å². The maximum atomic E-state index is 12.0. The fourth-order valence-corrected chi connectivity index (χ4v) is 3.24. The monoisotopic (exact) mass is 264 g/mol. The highest BCUT2D eigenvalue weighted by Crippen LogP contribution is 2.30. The van der Waals surface area contributed by atoms with Gasteiger partial charge in [-0.3, -0.25) is 0 Å². The molecule has 1 aromatic carbocycles. The average molecular weight is 265 g/mol. The van der Waals surface area contributed by atoms with Crippen molar-refractivity contribution in [1.29, 1.82) is 0 Å². The Morgan fingerprint density at radius 3 is 2.89 bits per heavy atom. The Morgan fingerprint density at radius 1 is 1.28 bits per heavy atom. The number of amides is 2. The number of nitrogens with one attached hydrogen (secondary N) is 1. The SMILES string of the molecule is O=C1NC2CCCCC2N1Cc1ccccc1Cl. The number of rotatable bonds is 2. The minimum absolute atomic E-state index is 0.0619. The van der Waals surface area contributed by atoms with Crippen molar-refractivity contribution in [2.75, 3.05) is 0 Å². The number of carbonyl (C=O) groups is 1. The summed E-state index contributed by atoms with van der Waals surface area (Å²) in [7, 11) is 0. The van der Waals surface area contributed by atoms with Gasteiger partial charge in [0.2, 0.25) is 0 Å². The third-order valence-corrected chi connectivity index (χ3v) is 4.37. The van der Waals surface area contributed by atoms with Crippen molar-refractivity contribution in [2.45, 2.75) is 44.3 Å². The lowest BCUT2D eigenvalue weighted by molar-refractivity contribution is 0.186. The van der Waals surface area contributed by atoms with Crippen molar-refractivity contribution < 1.29 is 4.79 Å². The van der Waals surface area contributed by atoms with Crippen LogP contribution >= 0.6 is 11.6 Å². The van der Waals surface area contributed by atoms with E-state index in [9.17, 15) is 4.79 Å². The molecule has 0 radical (unpaired) electrons. The molecule has 0 bridgehead atoms. The van der Waals surface area contributed by atoms with E-state index < -0.39 is 0 Å². The highest BCUT2D eigenvalue weighted by Gasteiger charge is 2.40. The van der Waals surface area contributed by atoms with Crippen molar-refractivity contribution in [3.8, 4) is 0 Å². The van der Waals surface area contributed by atoms with Gasteiger partial charge in [0.15, 0.2) is 0 Å². The minimum atomic E-state index is 0.0619. The maximum absolute atomic E-state index is 12.0. The molecule has 3 nitrogen and oxygen atoms in total. The molecule has 2 aliphatic rings. The zero-order valence-electron chi connectivity index (χ0n) is 10.2. The summed E-state index contributed by atoms with van der Waals surface area (Å²) in [6, 6.07) is 8.50. The largest absolute Gasteiger partial charge is 0.333 e. The quantitative estimate of drug-likeness (QED) is 0.874. The Balaban J connectivity index is 1.79. The number of hydrogen-bond acceptors (Lipinski definition) is 1. The summed E-state index contributed by atoms with van der Waals surface area (Å²) in [6.07, 6.45) is 4.65. The summed E-state index contributed by atoms with van der Waals surface area (Å²) in [6.45, 7) is 0.618. The van der Waals surface area contributed by atoms with Crippen LogP contribution in [0.2, 0.25) is 5.02 Å². The summed E-state index contributed by atoms with van der Waals surface area (Å²) in [4.78, 5) is 14.0. The minimum Gasteiger partial charge on any atom is -0.333 e. The van der Waals surface area contributed by atoms with Gasteiger partial charge in [-0.05, 0) is 24.5 Å². The molecule has 2 fully saturated rings. The Bertz CT molecular complexity index is 463. The molecule has 1 aliphatic carbocycles. The lowest BCUT2D eigenvalue weighted by atomic mass is 9.91. The van der Waals surface area contributed by atoms with Gasteiger partial charge in [-0.15, -0.1) is 0 Å². The fraction of sp³-hybridized carbons (Fsp3) is 0.500. The van der Waals surface area contributed by atoms with E-state index in [1.165, 1.54) is 12.8 Å². The molecule has 0 spiro atoms. The zero-order valence-corrected chi connectivity index (χ0v) is 11.0. The predicted octanol–water partition coefficient (Wildman–Crippen LogP) is 3.18. The number of urea groups is 1. The van der Waals surface area contributed by atoms with E-state index >= 15 is 0 Å². The van der Waals surface area contributed by atoms with Crippen LogP contribution in [-0.2, 0) is 6.54 Å². The summed E-state index contributed by atoms with van der Waals surface area (Å²) in [5.41, 5.74) is 1.03. The van der Waals surface area contributed by atoms with E-state index in [2.05, 4.69) is 5.32 Å². The summed E-state index contributed by atoms with van der Waals surface area (Å²) in [5.74, 6) is 0. The second-order valence-corrected chi connectivity index (χ2v) is 5.53. The van der Waals surface area contributed by atoms with E-state index in [0.717, 1.165) is 23.4 Å². The van der Waals surface area contributed by atoms with Gasteiger partial charge >= 0.3 is 6.03 Å². The van der Waals surface area contributed by atoms with E-state index in [-0.39, 0.29) is 6.03 Å². The molecule has 1 aromatic rings. The topological polar surface area (TPSA) is 32.3 Å². The summed E-state index contributed by atoms with van der Waals surface area (Å²) in [5, 5.41) is 3.83. The maximum Gasteiger partial charge on any atom is 0.318 e. The molecule has 0 aromatic heterocycles. The van der Waals surface area contributed by atoms with E-state index in [0.29, 0.717) is 18.6 Å². The van der Waals surface area contributed by atoms with Crippen molar-refractivity contribution in [3.63, 3.8) is 0 Å². The first-order valence-electron chi connectivity index (χ1n) is 6.56. The molecule has 4 heteroatoms. The smallest absolute Gasteiger partial charge is 0.318 e. The average Bonchev–Trinajstić information content (AvgIpc) is 2.69. The molecule has 1 aliphatic heterocycles. The molecular weight excluding hydrogens is 248 g/mol. The lowest BCUT2D eigenvalue weighted by Crippen LogP contribution is -2.38. The highest BCUT2D eigenvalue weighted by molar-refractivity contribution is 6.31. The number of halogens is 1. The highest BCUT2D eigenvalue weighted by atomic mass is 35.5. The van der Waals surface area contributed by atoms with E-state index in [4.69, 9.17) is 11.6 Å². The van der Waals surface area contributed by atoms with Crippen LogP contribution in [-0.4, -0.2) is 23.0 Å². The molecule has 3 rings (SSSR count). The first-order valence-corrected chi connectivity index (χ1v) is 6.94. The fourth-order valence-electron chi connectivity index (χ4n) is 3.04. The van der Waals surface area contributed by atoms with Crippen LogP contribution in [0.1, 0.15) is 31.2 Å². The van der Waals surface area contributed by atoms with Crippen LogP contribution in [0.4, 0.5) is 4.79 Å². The molecule has 1 N–H and O–H groups in total. The molecule has 1 saturated heterocycles. The third kappa shape index (κ3) is 2.07. The van der Waals surface area contributed by atoms with Crippen molar-refractivity contribution in [1.82, 2.24) is 10.2 Å². The Morgan fingerprint density at radius 2 is 2.06 bits per heavy atom. The molecule has 18 heavy (non-hydrogen) atoms. The van der Waals surface area contributed by atoms with Gasteiger partial charge < -0.3 is 10.2 Å². The van der Waals surface area contributed by atoms with Gasteiger partial charge in [-0.25, -0.2) is 4.79 Å². The molecule has 2 unspecified atom stereocenters. The number of benzene rings is 1. The van der Waals surface area contributed by atoms with Crippen LogP contribution in [0.15, 0.2) is 24.3 Å². The second-order valence-electron chi connectivity index (χ2n) is 5.13. The van der Waals surface area contributed by atoms with Crippen LogP contribution in [0.5, 0.6) is 0 Å². The molecule has 1 heterocycles. The number of nitrogens with zero attached hydrogens (tertiary/aromatic N) is 1. The molecule has 1 saturated carbocycles. The van der Waals surface area contributed by atoms with Gasteiger partial charge in [0.25, 0.3) is 0 Å². The van der Waals surface area contributed by atoms with Gasteiger partial charge in [-0.1, -0.05) is 42.6 Å². The predicted molar refractivity (Wildman–Crippen MR) is 71.6 cm³/mol. The standard InChI is InChI=1S/C14H17ClN2O/c15-11-6-2-1-5-10(11)9-17-13-8-4-3-7-12(13)16-14(17)18/h1-2,5-6,12-13H,3-4,7-9H2,(H,16,18). The first-order chi connectivity index (χ1) is 8.75. The van der Waals surface area contributed by atoms with E-state index in [1.54, 1.807) is 0 Å². The number of carbonyl (C=O) groups excluding carboxylic acids is 1. The van der Waals surface area contributed by atoms with Crippen LogP contribution in [0.3, 0.4) is 0 Å². The first kappa shape index (κ1) is 11.8. The van der Waals surface area contributed by atoms with Gasteiger partial charge in [0.05, 0.1) is 12.1 Å². The molecular formula is C14H17ClN2O. The Hall–Kier alpha value is -1.22. The molecule has 2 atom stereocenters. The van der Waals surface area contributed by atoms with Crippen LogP contribution in [0, 0.1) is 0 Å². The second kappa shape index (κ2) is 4.81. The number of fused-ring (bicyclic) bond motifs is 1. The van der Waals surface area contributed by atoms with Crippen LogP contribution in [0.25, 0.3) is 0 Å². The van der Waals surface area contributed by atoms with Gasteiger partial charge in [0.1, 0.15) is 0 Å². The molecule has 2 amide bonds. The summed E-state index contributed by atoms with van der Waals surface area (Å²) >= 11 is 6.17. The van der Waals surface area contributed by atoms with Crippen molar-refractivity contribution >= 4 is 17.6 Å².